The van der Waals surface area contributed by atoms with Gasteiger partial charge in [0.25, 0.3) is 5.91 Å². The number of halogens is 1. The highest BCUT2D eigenvalue weighted by molar-refractivity contribution is 6.30. The number of aliphatic hydroxyl groups is 1. The molecular formula is C22H24ClN3O3. The first kappa shape index (κ1) is 19.9. The van der Waals surface area contributed by atoms with Gasteiger partial charge >= 0.3 is 6.03 Å². The van der Waals surface area contributed by atoms with Crippen molar-refractivity contribution in [1.29, 1.82) is 0 Å². The molecule has 152 valence electrons. The number of β-amino-alcohol motifs (C(OH)–C–C–N with tert-alkyl or cyclic N) is 1. The number of carbonyl (C=O) groups is 2. The number of likely N-dealkylation sites (tertiary alicyclic amines) is 1. The number of hydrogen-bond donors (Lipinski definition) is 2. The second-order valence-electron chi connectivity index (χ2n) is 7.80. The number of piperidine rings is 1. The molecule has 0 aliphatic carbocycles. The first-order valence-electron chi connectivity index (χ1n) is 9.81. The van der Waals surface area contributed by atoms with Crippen molar-refractivity contribution in [2.24, 2.45) is 0 Å². The Bertz CT molecular complexity index is 890. The molecular weight excluding hydrogens is 390 g/mol. The Balaban J connectivity index is 1.45. The van der Waals surface area contributed by atoms with Crippen LogP contribution < -0.4 is 5.32 Å². The number of benzene rings is 2. The van der Waals surface area contributed by atoms with E-state index in [2.05, 4.69) is 22.3 Å². The maximum Gasteiger partial charge on any atom is 0.325 e. The summed E-state index contributed by atoms with van der Waals surface area (Å²) in [6.45, 7) is 2.01. The summed E-state index contributed by atoms with van der Waals surface area (Å²) < 4.78 is 0. The molecule has 0 aromatic heterocycles. The van der Waals surface area contributed by atoms with Gasteiger partial charge in [-0.3, -0.25) is 14.6 Å². The second-order valence-corrected chi connectivity index (χ2v) is 8.23. The lowest BCUT2D eigenvalue weighted by atomic mass is 9.88. The lowest BCUT2D eigenvalue weighted by Gasteiger charge is -2.38. The fourth-order valence-electron chi connectivity index (χ4n) is 4.20. The van der Waals surface area contributed by atoms with Gasteiger partial charge in [0.2, 0.25) is 0 Å². The van der Waals surface area contributed by atoms with E-state index in [9.17, 15) is 14.7 Å². The number of imide groups is 1. The molecule has 7 heteroatoms. The van der Waals surface area contributed by atoms with Crippen LogP contribution in [0.4, 0.5) is 4.79 Å². The third-order valence-corrected chi connectivity index (χ3v) is 5.93. The van der Waals surface area contributed by atoms with Crippen molar-refractivity contribution in [2.45, 2.75) is 31.0 Å². The molecule has 2 aliphatic heterocycles. The average molecular weight is 414 g/mol. The predicted octanol–water partition coefficient (Wildman–Crippen LogP) is 2.96. The highest BCUT2D eigenvalue weighted by Gasteiger charge is 2.53. The standard InChI is InChI=1S/C22H24ClN3O3/c23-18-9-7-17(8-10-18)19(27)14-26-20(28)22(24-21(26)29)11-4-12-25(15-22)13-16-5-2-1-3-6-16/h1-3,5-10,19,27H,4,11-15H2,(H,24,29). The first-order chi connectivity index (χ1) is 14.0. The van der Waals surface area contributed by atoms with E-state index >= 15 is 0 Å². The topological polar surface area (TPSA) is 72.9 Å². The molecule has 2 heterocycles. The van der Waals surface area contributed by atoms with Gasteiger partial charge in [-0.2, -0.15) is 0 Å². The summed E-state index contributed by atoms with van der Waals surface area (Å²) in [7, 11) is 0. The van der Waals surface area contributed by atoms with Crippen molar-refractivity contribution < 1.29 is 14.7 Å². The number of nitrogens with one attached hydrogen (secondary N) is 1. The molecule has 6 nitrogen and oxygen atoms in total. The van der Waals surface area contributed by atoms with Crippen LogP contribution in [0.25, 0.3) is 0 Å². The molecule has 2 fully saturated rings. The van der Waals surface area contributed by atoms with E-state index in [1.165, 1.54) is 5.56 Å². The van der Waals surface area contributed by atoms with Crippen molar-refractivity contribution in [1.82, 2.24) is 15.1 Å². The molecule has 2 atom stereocenters. The third-order valence-electron chi connectivity index (χ3n) is 5.68. The zero-order valence-corrected chi connectivity index (χ0v) is 16.8. The van der Waals surface area contributed by atoms with Crippen LogP contribution in [0.3, 0.4) is 0 Å². The molecule has 29 heavy (non-hydrogen) atoms. The second kappa shape index (κ2) is 8.14. The number of nitrogens with zero attached hydrogens (tertiary/aromatic N) is 2. The van der Waals surface area contributed by atoms with Crippen LogP contribution in [0.5, 0.6) is 0 Å². The van der Waals surface area contributed by atoms with Gasteiger partial charge in [0.1, 0.15) is 5.54 Å². The predicted molar refractivity (Wildman–Crippen MR) is 110 cm³/mol. The minimum absolute atomic E-state index is 0.0767. The highest BCUT2D eigenvalue weighted by atomic mass is 35.5. The molecule has 2 unspecified atom stereocenters. The lowest BCUT2D eigenvalue weighted by molar-refractivity contribution is -0.134. The number of urea groups is 1. The van der Waals surface area contributed by atoms with Crippen LogP contribution in [-0.2, 0) is 11.3 Å². The van der Waals surface area contributed by atoms with E-state index in [0.717, 1.165) is 24.4 Å². The van der Waals surface area contributed by atoms with Gasteiger partial charge in [-0.05, 0) is 42.6 Å². The van der Waals surface area contributed by atoms with E-state index in [-0.39, 0.29) is 12.5 Å². The maximum atomic E-state index is 13.2. The molecule has 2 aromatic carbocycles. The molecule has 0 saturated carbocycles. The van der Waals surface area contributed by atoms with E-state index < -0.39 is 17.7 Å². The lowest BCUT2D eigenvalue weighted by Crippen LogP contribution is -2.58. The minimum atomic E-state index is -0.957. The average Bonchev–Trinajstić information content (AvgIpc) is 2.93. The minimum Gasteiger partial charge on any atom is -0.387 e. The maximum absolute atomic E-state index is 13.2. The van der Waals surface area contributed by atoms with Crippen molar-refractivity contribution in [2.75, 3.05) is 19.6 Å². The quantitative estimate of drug-likeness (QED) is 0.739. The van der Waals surface area contributed by atoms with Crippen LogP contribution in [0.2, 0.25) is 5.02 Å². The van der Waals surface area contributed by atoms with E-state index in [1.807, 2.05) is 18.2 Å². The van der Waals surface area contributed by atoms with Crippen molar-refractivity contribution in [3.05, 3.63) is 70.7 Å². The summed E-state index contributed by atoms with van der Waals surface area (Å²) in [5.74, 6) is -0.256. The Hall–Kier alpha value is -2.41. The van der Waals surface area contributed by atoms with Crippen LogP contribution in [0, 0.1) is 0 Å². The van der Waals surface area contributed by atoms with Gasteiger partial charge < -0.3 is 10.4 Å². The van der Waals surface area contributed by atoms with Crippen LogP contribution in [0.1, 0.15) is 30.1 Å². The molecule has 0 bridgehead atoms. The zero-order valence-electron chi connectivity index (χ0n) is 16.1. The Labute approximate surface area is 175 Å². The fraction of sp³-hybridized carbons (Fsp3) is 0.364. The van der Waals surface area contributed by atoms with Crippen LogP contribution in [0.15, 0.2) is 54.6 Å². The molecule has 2 N–H and O–H groups in total. The van der Waals surface area contributed by atoms with E-state index in [0.29, 0.717) is 23.6 Å². The summed E-state index contributed by atoms with van der Waals surface area (Å²) in [5.41, 5.74) is 0.880. The van der Waals surface area contributed by atoms with E-state index in [4.69, 9.17) is 11.6 Å². The molecule has 2 aliphatic rings. The van der Waals surface area contributed by atoms with E-state index in [1.54, 1.807) is 24.3 Å². The number of amides is 3. The van der Waals surface area contributed by atoms with Gasteiger partial charge in [-0.1, -0.05) is 54.1 Å². The first-order valence-corrected chi connectivity index (χ1v) is 10.2. The van der Waals surface area contributed by atoms with Gasteiger partial charge in [0.15, 0.2) is 0 Å². The Morgan fingerprint density at radius 2 is 1.83 bits per heavy atom. The van der Waals surface area contributed by atoms with Crippen molar-refractivity contribution in [3.63, 3.8) is 0 Å². The Morgan fingerprint density at radius 1 is 1.10 bits per heavy atom. The highest BCUT2D eigenvalue weighted by Crippen LogP contribution is 2.30. The normalized spacial score (nSPS) is 23.4. The summed E-state index contributed by atoms with van der Waals surface area (Å²) in [4.78, 5) is 29.1. The smallest absolute Gasteiger partial charge is 0.325 e. The molecule has 2 saturated heterocycles. The SMILES string of the molecule is O=C1NC2(CCCN(Cc3ccccc3)C2)C(=O)N1CC(O)c1ccc(Cl)cc1. The summed E-state index contributed by atoms with van der Waals surface area (Å²) in [6, 6.07) is 16.4. The Morgan fingerprint density at radius 3 is 2.55 bits per heavy atom. The fourth-order valence-corrected chi connectivity index (χ4v) is 4.33. The number of rotatable bonds is 5. The number of carbonyl (C=O) groups excluding carboxylic acids is 2. The van der Waals surface area contributed by atoms with Crippen molar-refractivity contribution >= 4 is 23.5 Å². The molecule has 4 rings (SSSR count). The van der Waals surface area contributed by atoms with Gasteiger partial charge in [-0.15, -0.1) is 0 Å². The molecule has 3 amide bonds. The Kier molecular flexibility index (Phi) is 5.58. The molecule has 1 spiro atoms. The van der Waals surface area contributed by atoms with Gasteiger partial charge in [0, 0.05) is 18.1 Å². The summed E-state index contributed by atoms with van der Waals surface area (Å²) >= 11 is 5.89. The van der Waals surface area contributed by atoms with Crippen molar-refractivity contribution in [3.8, 4) is 0 Å². The van der Waals surface area contributed by atoms with Crippen LogP contribution >= 0.6 is 11.6 Å². The monoisotopic (exact) mass is 413 g/mol. The molecule has 2 aromatic rings. The summed E-state index contributed by atoms with van der Waals surface area (Å²) in [5, 5.41) is 14.0. The number of aliphatic hydroxyl groups excluding tert-OH is 1. The van der Waals surface area contributed by atoms with Gasteiger partial charge in [-0.25, -0.2) is 4.79 Å². The molecule has 0 radical (unpaired) electrons. The third kappa shape index (κ3) is 4.15. The largest absolute Gasteiger partial charge is 0.387 e. The van der Waals surface area contributed by atoms with Crippen LogP contribution in [-0.4, -0.2) is 52.0 Å². The van der Waals surface area contributed by atoms with Gasteiger partial charge in [0.05, 0.1) is 12.6 Å². The number of hydrogen-bond acceptors (Lipinski definition) is 4. The summed E-state index contributed by atoms with van der Waals surface area (Å²) in [6.07, 6.45) is 0.476. The zero-order chi connectivity index (χ0) is 20.4.